The second-order valence-electron chi connectivity index (χ2n) is 11.9. The topological polar surface area (TPSA) is 0 Å². The van der Waals surface area contributed by atoms with Gasteiger partial charge in [0.05, 0.1) is 8.07 Å². The van der Waals surface area contributed by atoms with Crippen LogP contribution in [0.25, 0.3) is 0 Å². The van der Waals surface area contributed by atoms with Crippen molar-refractivity contribution >= 4 is 30.7 Å². The summed E-state index contributed by atoms with van der Waals surface area (Å²) in [4.78, 5) is 0. The highest BCUT2D eigenvalue weighted by Gasteiger charge is 2.97. The lowest BCUT2D eigenvalue weighted by atomic mass is 9.43. The Morgan fingerprint density at radius 1 is 0.958 bits per heavy atom. The van der Waals surface area contributed by atoms with Gasteiger partial charge in [0.25, 0.3) is 0 Å². The van der Waals surface area contributed by atoms with Crippen molar-refractivity contribution in [3.05, 3.63) is 24.3 Å². The molecule has 0 aromatic heterocycles. The van der Waals surface area contributed by atoms with E-state index in [1.165, 1.54) is 0 Å². The van der Waals surface area contributed by atoms with Crippen molar-refractivity contribution in [1.29, 1.82) is 0 Å². The standard InChI is InChI=1S/C22H27ISi/c1-24(2,3)22-14-7-6-13-12(14)9-20-15-8-10-4-5-11(15)17(19(20)22)16(10)18(20)21(13,22)23/h4-7,10-19H,8-9H2,1-3H3/t10-,11+,12-,13-,14+,15-,16-,17+,18+,19-,20+,21+,22-/m0/s1. The Bertz CT molecular complexity index is 792. The Morgan fingerprint density at radius 2 is 1.75 bits per heavy atom. The summed E-state index contributed by atoms with van der Waals surface area (Å²) < 4.78 is 0.649. The molecule has 0 aromatic rings. The van der Waals surface area contributed by atoms with Gasteiger partial charge in [-0.05, 0) is 82.5 Å². The molecule has 0 aliphatic heterocycles. The molecule has 13 atom stereocenters. The molecule has 0 unspecified atom stereocenters. The predicted molar refractivity (Wildman–Crippen MR) is 108 cm³/mol. The third-order valence-electron chi connectivity index (χ3n) is 11.4. The summed E-state index contributed by atoms with van der Waals surface area (Å²) in [5.41, 5.74) is 0.798. The quantitative estimate of drug-likeness (QED) is 0.219. The van der Waals surface area contributed by atoms with E-state index in [1.807, 2.05) is 0 Å². The Labute approximate surface area is 160 Å². The number of rotatable bonds is 1. The molecule has 126 valence electrons. The third-order valence-corrected chi connectivity index (χ3v) is 17.8. The minimum atomic E-state index is -1.26. The molecule has 0 nitrogen and oxygen atoms in total. The van der Waals surface area contributed by atoms with E-state index in [9.17, 15) is 0 Å². The van der Waals surface area contributed by atoms with Crippen LogP contribution in [0.4, 0.5) is 0 Å². The van der Waals surface area contributed by atoms with Crippen LogP contribution in [0.15, 0.2) is 24.3 Å². The summed E-state index contributed by atoms with van der Waals surface area (Å²) in [6.45, 7) is 8.30. The lowest BCUT2D eigenvalue weighted by Gasteiger charge is -2.66. The van der Waals surface area contributed by atoms with Gasteiger partial charge in [-0.1, -0.05) is 66.5 Å². The first kappa shape index (κ1) is 13.6. The normalized spacial score (nSPS) is 76.2. The number of halogens is 1. The maximum Gasteiger partial charge on any atom is 0.0534 e. The smallest absolute Gasteiger partial charge is 0.0534 e. The van der Waals surface area contributed by atoms with Crippen LogP contribution in [-0.2, 0) is 0 Å². The first-order valence-electron chi connectivity index (χ1n) is 10.5. The van der Waals surface area contributed by atoms with E-state index < -0.39 is 8.07 Å². The minimum Gasteiger partial charge on any atom is -0.0848 e. The summed E-state index contributed by atoms with van der Waals surface area (Å²) in [5.74, 6) is 10.4. The zero-order valence-corrected chi connectivity index (χ0v) is 18.0. The molecule has 13 bridgehead atoms. The molecule has 0 radical (unpaired) electrons. The van der Waals surface area contributed by atoms with Crippen LogP contribution in [0.3, 0.4) is 0 Å². The number of alkyl halides is 1. The van der Waals surface area contributed by atoms with Crippen molar-refractivity contribution in [2.24, 2.45) is 64.6 Å². The molecule has 0 heterocycles. The van der Waals surface area contributed by atoms with Gasteiger partial charge in [0.1, 0.15) is 0 Å². The summed E-state index contributed by atoms with van der Waals surface area (Å²) in [7, 11) is -1.26. The number of hydrogen-bond acceptors (Lipinski definition) is 0. The molecule has 1 spiro atoms. The fraction of sp³-hybridized carbons (Fsp3) is 0.818. The molecule has 0 saturated heterocycles. The highest BCUT2D eigenvalue weighted by molar-refractivity contribution is 14.1. The zero-order chi connectivity index (χ0) is 16.0. The largest absolute Gasteiger partial charge is 0.0848 e. The van der Waals surface area contributed by atoms with Crippen molar-refractivity contribution in [3.8, 4) is 0 Å². The van der Waals surface area contributed by atoms with Crippen LogP contribution in [0.5, 0.6) is 0 Å². The highest BCUT2D eigenvalue weighted by atomic mass is 127. The molecule has 8 saturated carbocycles. The Balaban J connectivity index is 1.53. The molecular weight excluding hydrogens is 419 g/mol. The lowest BCUT2D eigenvalue weighted by molar-refractivity contribution is -0.0948. The molecule has 0 N–H and O–H groups in total. The molecule has 0 aromatic carbocycles. The molecule has 11 aliphatic rings. The Morgan fingerprint density at radius 3 is 2.54 bits per heavy atom. The van der Waals surface area contributed by atoms with Gasteiger partial charge in [-0.25, -0.2) is 0 Å². The predicted octanol–water partition coefficient (Wildman–Crippen LogP) is 5.39. The van der Waals surface area contributed by atoms with Gasteiger partial charge in [0.15, 0.2) is 0 Å². The summed E-state index contributed by atoms with van der Waals surface area (Å²) in [6, 6.07) is 0. The Kier molecular flexibility index (Phi) is 1.83. The van der Waals surface area contributed by atoms with Crippen molar-refractivity contribution in [2.45, 2.75) is 40.9 Å². The monoisotopic (exact) mass is 446 g/mol. The van der Waals surface area contributed by atoms with Gasteiger partial charge < -0.3 is 0 Å². The van der Waals surface area contributed by atoms with Crippen LogP contribution in [-0.4, -0.2) is 11.5 Å². The van der Waals surface area contributed by atoms with E-state index in [2.05, 4.69) is 66.5 Å². The van der Waals surface area contributed by atoms with Gasteiger partial charge in [0.2, 0.25) is 0 Å². The maximum atomic E-state index is 3.14. The van der Waals surface area contributed by atoms with Crippen LogP contribution in [0.2, 0.25) is 24.7 Å². The summed E-state index contributed by atoms with van der Waals surface area (Å²) in [5, 5.41) is 0.738. The molecule has 24 heavy (non-hydrogen) atoms. The van der Waals surface area contributed by atoms with Crippen LogP contribution in [0.1, 0.15) is 12.8 Å². The fourth-order valence-corrected chi connectivity index (χ4v) is 21.1. The van der Waals surface area contributed by atoms with Gasteiger partial charge in [0, 0.05) is 3.42 Å². The van der Waals surface area contributed by atoms with Crippen molar-refractivity contribution < 1.29 is 0 Å². The van der Waals surface area contributed by atoms with E-state index >= 15 is 0 Å². The Hall–Kier alpha value is 0.427. The van der Waals surface area contributed by atoms with Crippen molar-refractivity contribution in [2.75, 3.05) is 0 Å². The fourth-order valence-electron chi connectivity index (χ4n) is 12.2. The van der Waals surface area contributed by atoms with Crippen molar-refractivity contribution in [3.63, 3.8) is 0 Å². The summed E-state index contributed by atoms with van der Waals surface area (Å²) >= 11 is 3.14. The van der Waals surface area contributed by atoms with E-state index in [1.54, 1.807) is 12.8 Å². The second kappa shape index (κ2) is 3.23. The number of hydrogen-bond donors (Lipinski definition) is 0. The lowest BCUT2D eigenvalue weighted by Crippen LogP contribution is -2.65. The van der Waals surface area contributed by atoms with Gasteiger partial charge in [-0.3, -0.25) is 0 Å². The average molecular weight is 446 g/mol. The van der Waals surface area contributed by atoms with Crippen LogP contribution < -0.4 is 0 Å². The number of allylic oxidation sites excluding steroid dienone is 4. The van der Waals surface area contributed by atoms with E-state index in [-0.39, 0.29) is 0 Å². The average Bonchev–Trinajstić information content (AvgIpc) is 3.23. The summed E-state index contributed by atoms with van der Waals surface area (Å²) in [6.07, 6.45) is 14.1. The minimum absolute atomic E-state index is 0.649. The maximum absolute atomic E-state index is 3.14. The second-order valence-corrected chi connectivity index (χ2v) is 19.0. The van der Waals surface area contributed by atoms with Gasteiger partial charge in [-0.15, -0.1) is 0 Å². The van der Waals surface area contributed by atoms with E-state index in [0.717, 1.165) is 69.6 Å². The van der Waals surface area contributed by atoms with Gasteiger partial charge in [-0.2, -0.15) is 0 Å². The van der Waals surface area contributed by atoms with Gasteiger partial charge >= 0.3 is 0 Å². The van der Waals surface area contributed by atoms with E-state index in [4.69, 9.17) is 0 Å². The molecule has 11 aliphatic carbocycles. The zero-order valence-electron chi connectivity index (χ0n) is 14.9. The van der Waals surface area contributed by atoms with Crippen LogP contribution >= 0.6 is 22.6 Å². The SMILES string of the molecule is C[Si](C)(C)[C@@]12[C@@H]3C=C[C@H]4[C@@H]3C[C@]35[C@@H]([C@@H]6[C@@H]([C@@H]7C=C[C@H]6C[C@@H]73)[C@@H]51)[C@]42I. The van der Waals surface area contributed by atoms with Crippen molar-refractivity contribution in [1.82, 2.24) is 0 Å². The highest BCUT2D eigenvalue weighted by Crippen LogP contribution is 3.01. The van der Waals surface area contributed by atoms with Crippen LogP contribution in [0, 0.1) is 64.6 Å². The molecule has 2 heteroatoms. The molecular formula is C22H27ISi. The molecule has 11 rings (SSSR count). The van der Waals surface area contributed by atoms with E-state index in [0.29, 0.717) is 3.42 Å². The molecule has 0 amide bonds. The first-order valence-corrected chi connectivity index (χ1v) is 15.0. The molecule has 8 fully saturated rings. The first-order chi connectivity index (χ1) is 11.4. The third kappa shape index (κ3) is 0.829.